The maximum atomic E-state index is 11.3. The fourth-order valence-electron chi connectivity index (χ4n) is 2.22. The van der Waals surface area contributed by atoms with E-state index in [9.17, 15) is 4.79 Å². The van der Waals surface area contributed by atoms with Gasteiger partial charge in [-0.1, -0.05) is 35.5 Å². The first kappa shape index (κ1) is 14.2. The molecule has 0 unspecified atom stereocenters. The SMILES string of the molecule is Nc1c(C2=NC(=O)CS2)nnc2cc(-c3ccc(Cl)cc3)nn12. The van der Waals surface area contributed by atoms with E-state index in [1.54, 1.807) is 18.2 Å². The minimum atomic E-state index is -0.200. The Balaban J connectivity index is 1.83. The monoisotopic (exact) mass is 344 g/mol. The highest BCUT2D eigenvalue weighted by Gasteiger charge is 2.22. The van der Waals surface area contributed by atoms with Crippen molar-refractivity contribution in [2.45, 2.75) is 0 Å². The van der Waals surface area contributed by atoms with Gasteiger partial charge in [0.1, 0.15) is 5.04 Å². The van der Waals surface area contributed by atoms with Crippen molar-refractivity contribution in [3.8, 4) is 11.3 Å². The lowest BCUT2D eigenvalue weighted by Crippen LogP contribution is -2.11. The van der Waals surface area contributed by atoms with Crippen molar-refractivity contribution in [3.05, 3.63) is 41.0 Å². The second-order valence-electron chi connectivity index (χ2n) is 4.84. The van der Waals surface area contributed by atoms with Crippen molar-refractivity contribution in [1.29, 1.82) is 0 Å². The normalized spacial score (nSPS) is 14.5. The third-order valence-corrected chi connectivity index (χ3v) is 4.52. The number of thioether (sulfide) groups is 1. The molecule has 4 rings (SSSR count). The van der Waals surface area contributed by atoms with Crippen LogP contribution in [0.25, 0.3) is 16.9 Å². The summed E-state index contributed by atoms with van der Waals surface area (Å²) in [4.78, 5) is 15.2. The number of rotatable bonds is 2. The maximum absolute atomic E-state index is 11.3. The van der Waals surface area contributed by atoms with Gasteiger partial charge in [0.2, 0.25) is 0 Å². The number of carbonyl (C=O) groups is 1. The molecule has 0 bridgehead atoms. The van der Waals surface area contributed by atoms with Gasteiger partial charge in [-0.3, -0.25) is 4.79 Å². The molecule has 0 spiro atoms. The summed E-state index contributed by atoms with van der Waals surface area (Å²) in [6.45, 7) is 0. The molecule has 3 aromatic rings. The van der Waals surface area contributed by atoms with Crippen molar-refractivity contribution in [3.63, 3.8) is 0 Å². The summed E-state index contributed by atoms with van der Waals surface area (Å²) >= 11 is 7.19. The number of hydrogen-bond acceptors (Lipinski definition) is 6. The molecule has 7 nitrogen and oxygen atoms in total. The summed E-state index contributed by atoms with van der Waals surface area (Å²) in [5.74, 6) is 0.397. The molecule has 114 valence electrons. The van der Waals surface area contributed by atoms with Crippen LogP contribution >= 0.6 is 23.4 Å². The number of hydrogen-bond donors (Lipinski definition) is 1. The zero-order valence-electron chi connectivity index (χ0n) is 11.6. The highest BCUT2D eigenvalue weighted by molar-refractivity contribution is 8.15. The molecule has 23 heavy (non-hydrogen) atoms. The highest BCUT2D eigenvalue weighted by atomic mass is 35.5. The molecule has 2 aromatic heterocycles. The molecule has 3 heterocycles. The first-order valence-electron chi connectivity index (χ1n) is 6.64. The van der Waals surface area contributed by atoms with Crippen LogP contribution in [0.2, 0.25) is 5.02 Å². The molecule has 0 saturated carbocycles. The molecular weight excluding hydrogens is 336 g/mol. The molecule has 1 amide bonds. The summed E-state index contributed by atoms with van der Waals surface area (Å²) in [6, 6.07) is 9.09. The van der Waals surface area contributed by atoms with Crippen LogP contribution in [0.4, 0.5) is 5.82 Å². The van der Waals surface area contributed by atoms with Gasteiger partial charge in [-0.15, -0.1) is 10.2 Å². The molecule has 1 aliphatic heterocycles. The van der Waals surface area contributed by atoms with E-state index < -0.39 is 0 Å². The number of nitrogen functional groups attached to an aromatic ring is 1. The van der Waals surface area contributed by atoms with E-state index in [1.807, 2.05) is 12.1 Å². The summed E-state index contributed by atoms with van der Waals surface area (Å²) in [5.41, 5.74) is 8.62. The predicted molar refractivity (Wildman–Crippen MR) is 89.6 cm³/mol. The number of fused-ring (bicyclic) bond motifs is 1. The molecule has 2 N–H and O–H groups in total. The average Bonchev–Trinajstić information content (AvgIpc) is 3.15. The van der Waals surface area contributed by atoms with E-state index >= 15 is 0 Å². The topological polar surface area (TPSA) is 98.5 Å². The number of aromatic nitrogens is 4. The first-order valence-corrected chi connectivity index (χ1v) is 8.01. The average molecular weight is 345 g/mol. The van der Waals surface area contributed by atoms with Gasteiger partial charge in [0.25, 0.3) is 5.91 Å². The van der Waals surface area contributed by atoms with Gasteiger partial charge in [0, 0.05) is 16.7 Å². The maximum Gasteiger partial charge on any atom is 0.257 e. The quantitative estimate of drug-likeness (QED) is 0.763. The number of nitrogens with two attached hydrogens (primary N) is 1. The van der Waals surface area contributed by atoms with Gasteiger partial charge in [0.05, 0.1) is 11.4 Å². The second-order valence-corrected chi connectivity index (χ2v) is 6.24. The Hall–Kier alpha value is -2.45. The smallest absolute Gasteiger partial charge is 0.257 e. The largest absolute Gasteiger partial charge is 0.382 e. The fraction of sp³-hybridized carbons (Fsp3) is 0.0714. The Morgan fingerprint density at radius 3 is 2.70 bits per heavy atom. The number of nitrogens with zero attached hydrogens (tertiary/aromatic N) is 5. The molecular formula is C14H9ClN6OS. The molecule has 0 radical (unpaired) electrons. The molecule has 1 aliphatic rings. The Morgan fingerprint density at radius 2 is 2.00 bits per heavy atom. The van der Waals surface area contributed by atoms with Crippen LogP contribution in [0.3, 0.4) is 0 Å². The van der Waals surface area contributed by atoms with E-state index in [4.69, 9.17) is 17.3 Å². The van der Waals surface area contributed by atoms with Crippen molar-refractivity contribution < 1.29 is 4.79 Å². The Bertz CT molecular complexity index is 965. The third kappa shape index (κ3) is 2.45. The van der Waals surface area contributed by atoms with Crippen molar-refractivity contribution in [2.75, 3.05) is 11.5 Å². The molecule has 9 heteroatoms. The van der Waals surface area contributed by atoms with Crippen LogP contribution in [0, 0.1) is 0 Å². The molecule has 0 fully saturated rings. The highest BCUT2D eigenvalue weighted by Crippen LogP contribution is 2.25. The molecule has 0 aliphatic carbocycles. The van der Waals surface area contributed by atoms with E-state index in [2.05, 4.69) is 20.3 Å². The lowest BCUT2D eigenvalue weighted by molar-refractivity contribution is -0.115. The van der Waals surface area contributed by atoms with Crippen LogP contribution in [-0.4, -0.2) is 36.5 Å². The van der Waals surface area contributed by atoms with Gasteiger partial charge in [0.15, 0.2) is 17.2 Å². The summed E-state index contributed by atoms with van der Waals surface area (Å²) < 4.78 is 1.50. The van der Waals surface area contributed by atoms with Crippen molar-refractivity contribution in [1.82, 2.24) is 19.8 Å². The van der Waals surface area contributed by atoms with Crippen LogP contribution < -0.4 is 5.73 Å². The zero-order valence-corrected chi connectivity index (χ0v) is 13.2. The lowest BCUT2D eigenvalue weighted by atomic mass is 10.2. The Kier molecular flexibility index (Phi) is 3.28. The van der Waals surface area contributed by atoms with Gasteiger partial charge in [-0.25, -0.2) is 4.99 Å². The Morgan fingerprint density at radius 1 is 1.22 bits per heavy atom. The van der Waals surface area contributed by atoms with E-state index in [0.717, 1.165) is 5.56 Å². The van der Waals surface area contributed by atoms with Crippen molar-refractivity contribution in [2.24, 2.45) is 4.99 Å². The van der Waals surface area contributed by atoms with E-state index in [0.29, 0.717) is 38.7 Å². The number of halogens is 1. The standard InChI is InChI=1S/C14H9ClN6OS/c15-8-3-1-7(2-4-8)9-5-10-18-19-12(13(16)21(10)20-9)14-17-11(22)6-23-14/h1-5H,6,16H2. The minimum Gasteiger partial charge on any atom is -0.382 e. The van der Waals surface area contributed by atoms with E-state index in [1.165, 1.54) is 16.3 Å². The first-order chi connectivity index (χ1) is 11.1. The number of anilines is 1. The predicted octanol–water partition coefficient (Wildman–Crippen LogP) is 2.05. The summed E-state index contributed by atoms with van der Waals surface area (Å²) in [5, 5.41) is 13.8. The number of aliphatic imine (C=N–C) groups is 1. The molecule has 0 atom stereocenters. The number of amides is 1. The van der Waals surface area contributed by atoms with Gasteiger partial charge in [-0.2, -0.15) is 9.61 Å². The minimum absolute atomic E-state index is 0.200. The lowest BCUT2D eigenvalue weighted by Gasteiger charge is -2.03. The van der Waals surface area contributed by atoms with E-state index in [-0.39, 0.29) is 5.91 Å². The summed E-state index contributed by atoms with van der Waals surface area (Å²) in [7, 11) is 0. The third-order valence-electron chi connectivity index (χ3n) is 3.31. The van der Waals surface area contributed by atoms with Gasteiger partial charge in [-0.05, 0) is 12.1 Å². The second kappa shape index (κ2) is 5.32. The van der Waals surface area contributed by atoms with Gasteiger partial charge < -0.3 is 5.73 Å². The summed E-state index contributed by atoms with van der Waals surface area (Å²) in [6.07, 6.45) is 0. The van der Waals surface area contributed by atoms with Crippen LogP contribution in [0.1, 0.15) is 5.69 Å². The van der Waals surface area contributed by atoms with Crippen LogP contribution in [0.15, 0.2) is 35.3 Å². The molecule has 0 saturated heterocycles. The van der Waals surface area contributed by atoms with Gasteiger partial charge >= 0.3 is 0 Å². The van der Waals surface area contributed by atoms with Crippen LogP contribution in [-0.2, 0) is 4.79 Å². The zero-order chi connectivity index (χ0) is 16.0. The number of benzene rings is 1. The van der Waals surface area contributed by atoms with Crippen molar-refractivity contribution >= 4 is 45.8 Å². The fourth-order valence-corrected chi connectivity index (χ4v) is 3.12. The Labute approximate surface area is 139 Å². The number of carbonyl (C=O) groups excluding carboxylic acids is 1. The van der Waals surface area contributed by atoms with Crippen LogP contribution in [0.5, 0.6) is 0 Å². The molecule has 1 aromatic carbocycles.